The van der Waals surface area contributed by atoms with Crippen LogP contribution in [0.4, 0.5) is 0 Å². The molecule has 0 spiro atoms. The number of aryl methyl sites for hydroxylation is 1. The van der Waals surface area contributed by atoms with E-state index >= 15 is 0 Å². The Morgan fingerprint density at radius 3 is 3.18 bits per heavy atom. The quantitative estimate of drug-likeness (QED) is 0.634. The lowest BCUT2D eigenvalue weighted by atomic mass is 9.92. The molecule has 5 nitrogen and oxygen atoms in total. The molecule has 2 heterocycles. The molecule has 0 radical (unpaired) electrons. The van der Waals surface area contributed by atoms with Crippen LogP contribution in [0.3, 0.4) is 0 Å². The number of hydrogen-bond donors (Lipinski definition) is 2. The van der Waals surface area contributed by atoms with Crippen molar-refractivity contribution in [3.05, 3.63) is 16.9 Å². The molecule has 1 saturated heterocycles. The maximum Gasteiger partial charge on any atom is 0.0834 e. The number of nitrogens with two attached hydrogens (primary N) is 1. The molecule has 0 bridgehead atoms. The molecular weight excluding hydrogens is 240 g/mol. The fraction of sp³-hybridized carbons (Fsp3) is 0.727. The molecular formula is C11H19ClN4O. The summed E-state index contributed by atoms with van der Waals surface area (Å²) in [5.74, 6) is 6.04. The lowest BCUT2D eigenvalue weighted by Gasteiger charge is -2.30. The zero-order chi connectivity index (χ0) is 12.3. The van der Waals surface area contributed by atoms with Gasteiger partial charge in [-0.25, -0.2) is 0 Å². The Morgan fingerprint density at radius 1 is 1.76 bits per heavy atom. The van der Waals surface area contributed by atoms with Crippen LogP contribution >= 0.6 is 11.6 Å². The number of nitrogens with zero attached hydrogens (tertiary/aromatic N) is 2. The Bertz CT molecular complexity index is 362. The van der Waals surface area contributed by atoms with Gasteiger partial charge in [-0.2, -0.15) is 5.10 Å². The SMILES string of the molecule is CCn1ncc(Cl)c1C(NN)C1CCCOC1. The molecule has 0 aromatic carbocycles. The van der Waals surface area contributed by atoms with Crippen LogP contribution < -0.4 is 11.3 Å². The van der Waals surface area contributed by atoms with E-state index < -0.39 is 0 Å². The van der Waals surface area contributed by atoms with E-state index in [1.165, 1.54) is 0 Å². The first-order valence-electron chi connectivity index (χ1n) is 6.03. The summed E-state index contributed by atoms with van der Waals surface area (Å²) in [7, 11) is 0. The zero-order valence-corrected chi connectivity index (χ0v) is 10.8. The molecule has 2 atom stereocenters. The van der Waals surface area contributed by atoms with Gasteiger partial charge in [-0.3, -0.25) is 16.0 Å². The minimum atomic E-state index is 0.00486. The van der Waals surface area contributed by atoms with Crippen LogP contribution in [0.25, 0.3) is 0 Å². The minimum Gasteiger partial charge on any atom is -0.381 e. The predicted octanol–water partition coefficient (Wildman–Crippen LogP) is 1.49. The van der Waals surface area contributed by atoms with Gasteiger partial charge in [0.1, 0.15) is 0 Å². The summed E-state index contributed by atoms with van der Waals surface area (Å²) in [4.78, 5) is 0. The number of rotatable bonds is 4. The maximum atomic E-state index is 6.20. The predicted molar refractivity (Wildman–Crippen MR) is 66.5 cm³/mol. The molecule has 1 aromatic rings. The van der Waals surface area contributed by atoms with E-state index in [-0.39, 0.29) is 6.04 Å². The molecule has 2 unspecified atom stereocenters. The van der Waals surface area contributed by atoms with Gasteiger partial charge >= 0.3 is 0 Å². The Balaban J connectivity index is 2.23. The zero-order valence-electron chi connectivity index (χ0n) is 10.0. The molecule has 0 saturated carbocycles. The molecule has 1 aliphatic rings. The Kier molecular flexibility index (Phi) is 4.39. The van der Waals surface area contributed by atoms with E-state index in [9.17, 15) is 0 Å². The third-order valence-electron chi connectivity index (χ3n) is 3.27. The highest BCUT2D eigenvalue weighted by Gasteiger charge is 2.29. The summed E-state index contributed by atoms with van der Waals surface area (Å²) in [6.07, 6.45) is 3.84. The van der Waals surface area contributed by atoms with Crippen LogP contribution in [0.1, 0.15) is 31.5 Å². The lowest BCUT2D eigenvalue weighted by Crippen LogP contribution is -2.38. The van der Waals surface area contributed by atoms with Crippen molar-refractivity contribution in [2.75, 3.05) is 13.2 Å². The third kappa shape index (κ3) is 2.63. The molecule has 96 valence electrons. The van der Waals surface area contributed by atoms with E-state index in [4.69, 9.17) is 22.2 Å². The third-order valence-corrected chi connectivity index (χ3v) is 3.57. The van der Waals surface area contributed by atoms with Gasteiger partial charge in [-0.05, 0) is 19.8 Å². The molecule has 0 amide bonds. The smallest absolute Gasteiger partial charge is 0.0834 e. The summed E-state index contributed by atoms with van der Waals surface area (Å²) in [6.45, 7) is 4.39. The number of aromatic nitrogens is 2. The van der Waals surface area contributed by atoms with Crippen molar-refractivity contribution in [3.63, 3.8) is 0 Å². The largest absolute Gasteiger partial charge is 0.381 e. The standard InChI is InChI=1S/C11H19ClN4O/c1-2-16-11(9(12)6-14-16)10(15-13)8-4-3-5-17-7-8/h6,8,10,15H,2-5,7,13H2,1H3. The molecule has 3 N–H and O–H groups in total. The average molecular weight is 259 g/mol. The first kappa shape index (κ1) is 12.8. The van der Waals surface area contributed by atoms with Gasteiger partial charge in [-0.15, -0.1) is 0 Å². The number of hydrazine groups is 1. The first-order chi connectivity index (χ1) is 8.27. The second-order valence-corrected chi connectivity index (χ2v) is 4.72. The first-order valence-corrected chi connectivity index (χ1v) is 6.40. The van der Waals surface area contributed by atoms with Crippen LogP contribution in [-0.2, 0) is 11.3 Å². The molecule has 1 aromatic heterocycles. The van der Waals surface area contributed by atoms with Crippen LogP contribution in [0, 0.1) is 5.92 Å². The molecule has 17 heavy (non-hydrogen) atoms. The van der Waals surface area contributed by atoms with E-state index in [0.29, 0.717) is 10.9 Å². The summed E-state index contributed by atoms with van der Waals surface area (Å²) < 4.78 is 7.40. The van der Waals surface area contributed by atoms with Crippen LogP contribution in [0.15, 0.2) is 6.20 Å². The highest BCUT2D eigenvalue weighted by molar-refractivity contribution is 6.31. The Morgan fingerprint density at radius 2 is 2.59 bits per heavy atom. The second-order valence-electron chi connectivity index (χ2n) is 4.32. The van der Waals surface area contributed by atoms with Crippen molar-refractivity contribution in [2.45, 2.75) is 32.4 Å². The molecule has 1 fully saturated rings. The molecule has 1 aliphatic heterocycles. The molecule has 6 heteroatoms. The van der Waals surface area contributed by atoms with Crippen molar-refractivity contribution in [1.82, 2.24) is 15.2 Å². The highest BCUT2D eigenvalue weighted by Crippen LogP contribution is 2.32. The van der Waals surface area contributed by atoms with Crippen molar-refractivity contribution in [1.29, 1.82) is 0 Å². The number of halogens is 1. The highest BCUT2D eigenvalue weighted by atomic mass is 35.5. The minimum absolute atomic E-state index is 0.00486. The van der Waals surface area contributed by atoms with E-state index in [1.807, 2.05) is 11.6 Å². The van der Waals surface area contributed by atoms with E-state index in [2.05, 4.69) is 10.5 Å². The number of ether oxygens (including phenoxy) is 1. The monoisotopic (exact) mass is 258 g/mol. The van der Waals surface area contributed by atoms with Crippen molar-refractivity contribution >= 4 is 11.6 Å². The number of nitrogens with one attached hydrogen (secondary N) is 1. The van der Waals surface area contributed by atoms with Crippen molar-refractivity contribution in [3.8, 4) is 0 Å². The van der Waals surface area contributed by atoms with Crippen molar-refractivity contribution < 1.29 is 4.74 Å². The van der Waals surface area contributed by atoms with Crippen LogP contribution in [0.5, 0.6) is 0 Å². The maximum absolute atomic E-state index is 6.20. The average Bonchev–Trinajstić information content (AvgIpc) is 2.74. The van der Waals surface area contributed by atoms with Gasteiger partial charge < -0.3 is 4.74 Å². The van der Waals surface area contributed by atoms with E-state index in [0.717, 1.165) is 38.3 Å². The summed E-state index contributed by atoms with van der Waals surface area (Å²) >= 11 is 6.20. The lowest BCUT2D eigenvalue weighted by molar-refractivity contribution is 0.0377. The van der Waals surface area contributed by atoms with Crippen LogP contribution in [-0.4, -0.2) is 23.0 Å². The normalized spacial score (nSPS) is 22.6. The summed E-state index contributed by atoms with van der Waals surface area (Å²) in [5.41, 5.74) is 3.83. The summed E-state index contributed by atoms with van der Waals surface area (Å²) in [6, 6.07) is 0.00486. The van der Waals surface area contributed by atoms with E-state index in [1.54, 1.807) is 6.20 Å². The molecule has 2 rings (SSSR count). The Labute approximate surface area is 106 Å². The molecule has 0 aliphatic carbocycles. The van der Waals surface area contributed by atoms with Gasteiger partial charge in [-0.1, -0.05) is 11.6 Å². The summed E-state index contributed by atoms with van der Waals surface area (Å²) in [5, 5.41) is 4.91. The topological polar surface area (TPSA) is 65.1 Å². The van der Waals surface area contributed by atoms with Crippen molar-refractivity contribution in [2.24, 2.45) is 11.8 Å². The Hall–Kier alpha value is -0.620. The van der Waals surface area contributed by atoms with Gasteiger partial charge in [0.15, 0.2) is 0 Å². The van der Waals surface area contributed by atoms with Gasteiger partial charge in [0.05, 0.1) is 29.6 Å². The second kappa shape index (κ2) is 5.82. The fourth-order valence-corrected chi connectivity index (χ4v) is 2.66. The number of hydrogen-bond acceptors (Lipinski definition) is 4. The van der Waals surface area contributed by atoms with Gasteiger partial charge in [0, 0.05) is 19.1 Å². The fourth-order valence-electron chi connectivity index (χ4n) is 2.40. The van der Waals surface area contributed by atoms with Gasteiger partial charge in [0.25, 0.3) is 0 Å². The van der Waals surface area contributed by atoms with Gasteiger partial charge in [0.2, 0.25) is 0 Å². The van der Waals surface area contributed by atoms with Crippen LogP contribution in [0.2, 0.25) is 5.02 Å².